The number of carbonyl (C=O) groups is 2. The summed E-state index contributed by atoms with van der Waals surface area (Å²) < 4.78 is 1.52. The fraction of sp³-hybridized carbons (Fsp3) is 0.600. The third-order valence-electron chi connectivity index (χ3n) is 2.82. The van der Waals surface area contributed by atoms with E-state index in [4.69, 9.17) is 5.11 Å². The monoisotopic (exact) mass is 238 g/mol. The zero-order chi connectivity index (χ0) is 12.4. The highest BCUT2D eigenvalue weighted by atomic mass is 16.4. The molecule has 0 bridgehead atoms. The van der Waals surface area contributed by atoms with Crippen LogP contribution >= 0.6 is 0 Å². The molecule has 92 valence electrons. The first-order valence-electron chi connectivity index (χ1n) is 5.51. The van der Waals surface area contributed by atoms with Gasteiger partial charge in [-0.2, -0.15) is 0 Å². The summed E-state index contributed by atoms with van der Waals surface area (Å²) in [5, 5.41) is 15.9. The number of carboxylic acids is 1. The molecular weight excluding hydrogens is 224 g/mol. The third kappa shape index (κ3) is 2.43. The average Bonchev–Trinajstić information content (AvgIpc) is 2.70. The maximum Gasteiger partial charge on any atom is 0.358 e. The van der Waals surface area contributed by atoms with E-state index in [1.165, 1.54) is 10.9 Å². The van der Waals surface area contributed by atoms with Crippen molar-refractivity contribution in [3.8, 4) is 0 Å². The van der Waals surface area contributed by atoms with Crippen LogP contribution in [0.25, 0.3) is 0 Å². The quantitative estimate of drug-likeness (QED) is 0.787. The Morgan fingerprint density at radius 1 is 1.53 bits per heavy atom. The molecule has 1 saturated heterocycles. The number of carboxylic acid groups (broad SMARTS) is 1. The molecule has 1 amide bonds. The van der Waals surface area contributed by atoms with Crippen LogP contribution in [0.2, 0.25) is 0 Å². The molecule has 0 aromatic carbocycles. The van der Waals surface area contributed by atoms with Gasteiger partial charge in [-0.15, -0.1) is 5.10 Å². The molecule has 1 fully saturated rings. The van der Waals surface area contributed by atoms with Crippen LogP contribution in [0, 0.1) is 5.92 Å². The van der Waals surface area contributed by atoms with Crippen molar-refractivity contribution in [2.75, 3.05) is 13.1 Å². The Morgan fingerprint density at radius 2 is 2.24 bits per heavy atom. The van der Waals surface area contributed by atoms with E-state index >= 15 is 0 Å². The van der Waals surface area contributed by atoms with Crippen molar-refractivity contribution in [1.82, 2.24) is 19.9 Å². The molecule has 1 aromatic rings. The summed E-state index contributed by atoms with van der Waals surface area (Å²) in [6.07, 6.45) is 1.94. The van der Waals surface area contributed by atoms with Crippen LogP contribution in [0.4, 0.5) is 0 Å². The van der Waals surface area contributed by atoms with E-state index in [9.17, 15) is 9.59 Å². The Hall–Kier alpha value is -1.92. The molecule has 1 aromatic heterocycles. The molecule has 0 unspecified atom stereocenters. The Kier molecular flexibility index (Phi) is 3.08. The second-order valence-corrected chi connectivity index (χ2v) is 4.15. The number of rotatable bonds is 4. The van der Waals surface area contributed by atoms with Gasteiger partial charge in [0.05, 0.1) is 6.20 Å². The molecule has 2 rings (SSSR count). The SMILES string of the molecule is CCC(=O)N1CC(Cn2cc(C(=O)O)nn2)C1. The lowest BCUT2D eigenvalue weighted by molar-refractivity contribution is -0.137. The van der Waals surface area contributed by atoms with Crippen molar-refractivity contribution in [2.24, 2.45) is 5.92 Å². The fourth-order valence-corrected chi connectivity index (χ4v) is 1.86. The molecule has 17 heavy (non-hydrogen) atoms. The zero-order valence-corrected chi connectivity index (χ0v) is 9.54. The number of aromatic nitrogens is 3. The minimum Gasteiger partial charge on any atom is -0.476 e. The molecule has 2 heterocycles. The van der Waals surface area contributed by atoms with Gasteiger partial charge in [-0.3, -0.25) is 9.48 Å². The van der Waals surface area contributed by atoms with Crippen LogP contribution in [-0.4, -0.2) is 50.0 Å². The molecule has 0 spiro atoms. The van der Waals surface area contributed by atoms with Crippen molar-refractivity contribution in [3.05, 3.63) is 11.9 Å². The summed E-state index contributed by atoms with van der Waals surface area (Å²) in [6.45, 7) is 3.88. The molecular formula is C10H14N4O3. The smallest absolute Gasteiger partial charge is 0.358 e. The number of hydrogen-bond donors (Lipinski definition) is 1. The van der Waals surface area contributed by atoms with Crippen LogP contribution in [0.5, 0.6) is 0 Å². The number of amides is 1. The van der Waals surface area contributed by atoms with E-state index in [1.807, 2.05) is 6.92 Å². The number of nitrogens with zero attached hydrogens (tertiary/aromatic N) is 4. The van der Waals surface area contributed by atoms with Gasteiger partial charge < -0.3 is 10.0 Å². The summed E-state index contributed by atoms with van der Waals surface area (Å²) >= 11 is 0. The molecule has 1 aliphatic heterocycles. The predicted molar refractivity (Wildman–Crippen MR) is 57.3 cm³/mol. The van der Waals surface area contributed by atoms with Crippen molar-refractivity contribution in [1.29, 1.82) is 0 Å². The van der Waals surface area contributed by atoms with Crippen molar-refractivity contribution >= 4 is 11.9 Å². The Bertz CT molecular complexity index is 437. The lowest BCUT2D eigenvalue weighted by Gasteiger charge is -2.39. The van der Waals surface area contributed by atoms with E-state index in [1.54, 1.807) is 4.90 Å². The van der Waals surface area contributed by atoms with Crippen LogP contribution in [0.3, 0.4) is 0 Å². The van der Waals surface area contributed by atoms with E-state index < -0.39 is 5.97 Å². The maximum absolute atomic E-state index is 11.3. The van der Waals surface area contributed by atoms with Gasteiger partial charge in [-0.05, 0) is 0 Å². The molecule has 7 nitrogen and oxygen atoms in total. The van der Waals surface area contributed by atoms with Gasteiger partial charge in [0, 0.05) is 32.0 Å². The average molecular weight is 238 g/mol. The van der Waals surface area contributed by atoms with Crippen molar-refractivity contribution < 1.29 is 14.7 Å². The molecule has 0 radical (unpaired) electrons. The third-order valence-corrected chi connectivity index (χ3v) is 2.82. The highest BCUT2D eigenvalue weighted by Crippen LogP contribution is 2.18. The van der Waals surface area contributed by atoms with Crippen LogP contribution in [0.1, 0.15) is 23.8 Å². The second kappa shape index (κ2) is 4.52. The predicted octanol–water partition coefficient (Wildman–Crippen LogP) is -0.155. The van der Waals surface area contributed by atoms with E-state index in [2.05, 4.69) is 10.3 Å². The van der Waals surface area contributed by atoms with Crippen molar-refractivity contribution in [3.63, 3.8) is 0 Å². The standard InChI is InChI=1S/C10H14N4O3/c1-2-9(15)13-3-7(4-13)5-14-6-8(10(16)17)11-12-14/h6-7H,2-5H2,1H3,(H,16,17). The Balaban J connectivity index is 1.83. The van der Waals surface area contributed by atoms with Gasteiger partial charge in [-0.25, -0.2) is 4.79 Å². The fourth-order valence-electron chi connectivity index (χ4n) is 1.86. The van der Waals surface area contributed by atoms with Gasteiger partial charge in [0.15, 0.2) is 5.69 Å². The molecule has 0 saturated carbocycles. The molecule has 7 heteroatoms. The first kappa shape index (κ1) is 11.6. The van der Waals surface area contributed by atoms with Gasteiger partial charge >= 0.3 is 5.97 Å². The number of likely N-dealkylation sites (tertiary alicyclic amines) is 1. The summed E-state index contributed by atoms with van der Waals surface area (Å²) in [5.41, 5.74) is -0.0502. The van der Waals surface area contributed by atoms with Gasteiger partial charge in [0.2, 0.25) is 5.91 Å². The number of hydrogen-bond acceptors (Lipinski definition) is 4. The zero-order valence-electron chi connectivity index (χ0n) is 9.54. The van der Waals surface area contributed by atoms with Gasteiger partial charge in [0.25, 0.3) is 0 Å². The molecule has 0 atom stereocenters. The van der Waals surface area contributed by atoms with Gasteiger partial charge in [-0.1, -0.05) is 12.1 Å². The topological polar surface area (TPSA) is 88.3 Å². The van der Waals surface area contributed by atoms with Crippen LogP contribution < -0.4 is 0 Å². The molecule has 1 aliphatic rings. The highest BCUT2D eigenvalue weighted by molar-refractivity contribution is 5.84. The minimum atomic E-state index is -1.08. The van der Waals surface area contributed by atoms with Crippen LogP contribution in [-0.2, 0) is 11.3 Å². The molecule has 0 aliphatic carbocycles. The number of carbonyl (C=O) groups excluding carboxylic acids is 1. The van der Waals surface area contributed by atoms with Crippen LogP contribution in [0.15, 0.2) is 6.20 Å². The largest absolute Gasteiger partial charge is 0.476 e. The summed E-state index contributed by atoms with van der Waals surface area (Å²) in [6, 6.07) is 0. The Morgan fingerprint density at radius 3 is 2.76 bits per heavy atom. The number of aromatic carboxylic acids is 1. The van der Waals surface area contributed by atoms with Gasteiger partial charge in [0.1, 0.15) is 0 Å². The minimum absolute atomic E-state index is 0.0502. The lowest BCUT2D eigenvalue weighted by Crippen LogP contribution is -2.51. The van der Waals surface area contributed by atoms with E-state index in [-0.39, 0.29) is 11.6 Å². The lowest BCUT2D eigenvalue weighted by atomic mass is 10.00. The summed E-state index contributed by atoms with van der Waals surface area (Å²) in [4.78, 5) is 23.7. The first-order chi connectivity index (χ1) is 8.10. The van der Waals surface area contributed by atoms with E-state index in [0.29, 0.717) is 18.9 Å². The molecule has 1 N–H and O–H groups in total. The maximum atomic E-state index is 11.3. The second-order valence-electron chi connectivity index (χ2n) is 4.15. The normalized spacial score (nSPS) is 15.7. The summed E-state index contributed by atoms with van der Waals surface area (Å²) in [7, 11) is 0. The summed E-state index contributed by atoms with van der Waals surface area (Å²) in [5.74, 6) is -0.576. The highest BCUT2D eigenvalue weighted by Gasteiger charge is 2.30. The first-order valence-corrected chi connectivity index (χ1v) is 5.51. The van der Waals surface area contributed by atoms with Crippen molar-refractivity contribution in [2.45, 2.75) is 19.9 Å². The Labute approximate surface area is 98.0 Å². The van der Waals surface area contributed by atoms with E-state index in [0.717, 1.165) is 13.1 Å².